The summed E-state index contributed by atoms with van der Waals surface area (Å²) in [5.41, 5.74) is 1.73. The number of carbonyl (C=O) groups is 1. The van der Waals surface area contributed by atoms with Crippen molar-refractivity contribution >= 4 is 34.8 Å². The predicted molar refractivity (Wildman–Crippen MR) is 80.1 cm³/mol. The third kappa shape index (κ3) is 3.30. The van der Waals surface area contributed by atoms with Gasteiger partial charge in [0.25, 0.3) is 5.91 Å². The van der Waals surface area contributed by atoms with Crippen molar-refractivity contribution in [3.05, 3.63) is 64.4 Å². The highest BCUT2D eigenvalue weighted by molar-refractivity contribution is 6.31. The van der Waals surface area contributed by atoms with Crippen LogP contribution in [0.3, 0.4) is 0 Å². The molecule has 2 aromatic carbocycles. The fourth-order valence-electron chi connectivity index (χ4n) is 1.79. The molecule has 0 bridgehead atoms. The van der Waals surface area contributed by atoms with Crippen molar-refractivity contribution < 1.29 is 9.18 Å². The van der Waals surface area contributed by atoms with E-state index >= 15 is 0 Å². The topological polar surface area (TPSA) is 29.1 Å². The summed E-state index contributed by atoms with van der Waals surface area (Å²) in [5.74, 6) is -0.922. The summed E-state index contributed by atoms with van der Waals surface area (Å²) in [6.07, 6.45) is 0. The Kier molecular flexibility index (Phi) is 4.63. The lowest BCUT2D eigenvalue weighted by Gasteiger charge is -2.12. The molecular formula is C15H12Cl2FNO. The van der Waals surface area contributed by atoms with Crippen LogP contribution in [0.5, 0.6) is 0 Å². The van der Waals surface area contributed by atoms with Gasteiger partial charge in [-0.15, -0.1) is 11.6 Å². The molecule has 1 unspecified atom stereocenters. The van der Waals surface area contributed by atoms with E-state index in [1.54, 1.807) is 12.1 Å². The molecule has 2 aromatic rings. The quantitative estimate of drug-likeness (QED) is 0.791. The van der Waals surface area contributed by atoms with Crippen LogP contribution in [0.15, 0.2) is 42.5 Å². The molecule has 2 rings (SSSR count). The van der Waals surface area contributed by atoms with E-state index in [9.17, 15) is 9.18 Å². The molecule has 5 heteroatoms. The number of halogens is 3. The molecule has 1 atom stereocenters. The number of nitrogens with one attached hydrogen (secondary N) is 1. The van der Waals surface area contributed by atoms with E-state index < -0.39 is 5.82 Å². The smallest absolute Gasteiger partial charge is 0.255 e. The number of amides is 1. The third-order valence-electron chi connectivity index (χ3n) is 2.82. The monoisotopic (exact) mass is 311 g/mol. The van der Waals surface area contributed by atoms with Crippen LogP contribution >= 0.6 is 23.2 Å². The summed E-state index contributed by atoms with van der Waals surface area (Å²) in [4.78, 5) is 12.1. The molecule has 0 heterocycles. The van der Waals surface area contributed by atoms with Gasteiger partial charge >= 0.3 is 0 Å². The largest absolute Gasteiger partial charge is 0.322 e. The molecule has 0 aromatic heterocycles. The Balaban J connectivity index is 2.26. The van der Waals surface area contributed by atoms with E-state index in [2.05, 4.69) is 5.32 Å². The average Bonchev–Trinajstić information content (AvgIpc) is 2.42. The van der Waals surface area contributed by atoms with Gasteiger partial charge in [-0.1, -0.05) is 29.8 Å². The van der Waals surface area contributed by atoms with Gasteiger partial charge < -0.3 is 5.32 Å². The second-order valence-corrected chi connectivity index (χ2v) is 5.35. The average molecular weight is 312 g/mol. The van der Waals surface area contributed by atoms with Crippen LogP contribution in [-0.2, 0) is 0 Å². The molecule has 0 aliphatic rings. The second kappa shape index (κ2) is 6.25. The molecule has 20 heavy (non-hydrogen) atoms. The molecule has 0 aliphatic carbocycles. The Morgan fingerprint density at radius 3 is 2.60 bits per heavy atom. The van der Waals surface area contributed by atoms with Gasteiger partial charge in [0.05, 0.1) is 10.4 Å². The molecule has 0 saturated carbocycles. The number of hydrogen-bond acceptors (Lipinski definition) is 1. The van der Waals surface area contributed by atoms with Crippen molar-refractivity contribution in [1.29, 1.82) is 0 Å². The highest BCUT2D eigenvalue weighted by Gasteiger charge is 2.13. The maximum absolute atomic E-state index is 13.1. The summed E-state index contributed by atoms with van der Waals surface area (Å²) < 4.78 is 13.1. The highest BCUT2D eigenvalue weighted by atomic mass is 35.5. The van der Waals surface area contributed by atoms with Crippen molar-refractivity contribution in [2.75, 3.05) is 5.32 Å². The van der Waals surface area contributed by atoms with Crippen molar-refractivity contribution in [3.8, 4) is 0 Å². The Bertz CT molecular complexity index is 644. The minimum Gasteiger partial charge on any atom is -0.322 e. The normalized spacial score (nSPS) is 12.0. The Morgan fingerprint density at radius 1 is 1.25 bits per heavy atom. The van der Waals surface area contributed by atoms with E-state index in [0.717, 1.165) is 11.6 Å². The lowest BCUT2D eigenvalue weighted by atomic mass is 10.1. The lowest BCUT2D eigenvalue weighted by molar-refractivity contribution is 0.102. The number of rotatable bonds is 3. The lowest BCUT2D eigenvalue weighted by Crippen LogP contribution is -2.13. The van der Waals surface area contributed by atoms with Gasteiger partial charge in [-0.25, -0.2) is 4.39 Å². The van der Waals surface area contributed by atoms with Gasteiger partial charge in [0.15, 0.2) is 0 Å². The van der Waals surface area contributed by atoms with Crippen LogP contribution in [0.1, 0.15) is 28.2 Å². The van der Waals surface area contributed by atoms with E-state index in [1.165, 1.54) is 12.1 Å². The van der Waals surface area contributed by atoms with E-state index in [4.69, 9.17) is 23.2 Å². The number of hydrogen-bond donors (Lipinski definition) is 1. The fourth-order valence-corrected chi connectivity index (χ4v) is 2.16. The molecule has 2 nitrogen and oxygen atoms in total. The van der Waals surface area contributed by atoms with Crippen LogP contribution < -0.4 is 5.32 Å². The summed E-state index contributed by atoms with van der Waals surface area (Å²) in [6.45, 7) is 1.82. The molecule has 0 fully saturated rings. The molecule has 0 aliphatic heterocycles. The third-order valence-corrected chi connectivity index (χ3v) is 3.34. The summed E-state index contributed by atoms with van der Waals surface area (Å²) in [5, 5.41) is 2.43. The molecule has 0 spiro atoms. The molecule has 104 valence electrons. The number of carbonyl (C=O) groups excluding carboxylic acids is 1. The standard InChI is InChI=1S/C15H12Cl2FNO/c1-9(16)11-4-2-3-5-14(11)19-15(20)10-6-7-13(18)12(17)8-10/h2-9H,1H3,(H,19,20). The van der Waals surface area contributed by atoms with E-state index in [1.807, 2.05) is 19.1 Å². The Hall–Kier alpha value is -1.58. The maximum atomic E-state index is 13.1. The number of para-hydroxylation sites is 1. The van der Waals surface area contributed by atoms with E-state index in [-0.39, 0.29) is 21.9 Å². The first-order valence-corrected chi connectivity index (χ1v) is 6.80. The second-order valence-electron chi connectivity index (χ2n) is 4.29. The molecular weight excluding hydrogens is 300 g/mol. The van der Waals surface area contributed by atoms with Crippen LogP contribution in [0, 0.1) is 5.82 Å². The molecule has 1 amide bonds. The molecule has 0 saturated heterocycles. The first-order chi connectivity index (χ1) is 9.49. The van der Waals surface area contributed by atoms with Crippen LogP contribution in [0.25, 0.3) is 0 Å². The number of benzene rings is 2. The zero-order chi connectivity index (χ0) is 14.7. The minimum absolute atomic E-state index is 0.0864. The summed E-state index contributed by atoms with van der Waals surface area (Å²) in [7, 11) is 0. The number of anilines is 1. The minimum atomic E-state index is -0.557. The number of alkyl halides is 1. The first-order valence-electron chi connectivity index (χ1n) is 5.98. The van der Waals surface area contributed by atoms with Gasteiger partial charge in [-0.3, -0.25) is 4.79 Å². The zero-order valence-electron chi connectivity index (χ0n) is 10.7. The van der Waals surface area contributed by atoms with Gasteiger partial charge in [-0.05, 0) is 36.8 Å². The van der Waals surface area contributed by atoms with Gasteiger partial charge in [0, 0.05) is 11.3 Å². The summed E-state index contributed by atoms with van der Waals surface area (Å²) >= 11 is 11.7. The van der Waals surface area contributed by atoms with Crippen LogP contribution in [0.2, 0.25) is 5.02 Å². The summed E-state index contributed by atoms with van der Waals surface area (Å²) in [6, 6.07) is 11.1. The first kappa shape index (κ1) is 14.8. The highest BCUT2D eigenvalue weighted by Crippen LogP contribution is 2.27. The SMILES string of the molecule is CC(Cl)c1ccccc1NC(=O)c1ccc(F)c(Cl)c1. The van der Waals surface area contributed by atoms with Crippen LogP contribution in [0.4, 0.5) is 10.1 Å². The van der Waals surface area contributed by atoms with Crippen molar-refractivity contribution in [2.45, 2.75) is 12.3 Å². The Labute approximate surface area is 126 Å². The molecule has 1 N–H and O–H groups in total. The fraction of sp³-hybridized carbons (Fsp3) is 0.133. The van der Waals surface area contributed by atoms with Gasteiger partial charge in [0.2, 0.25) is 0 Å². The Morgan fingerprint density at radius 2 is 1.95 bits per heavy atom. The maximum Gasteiger partial charge on any atom is 0.255 e. The van der Waals surface area contributed by atoms with Gasteiger partial charge in [0.1, 0.15) is 5.82 Å². The van der Waals surface area contributed by atoms with Gasteiger partial charge in [-0.2, -0.15) is 0 Å². The van der Waals surface area contributed by atoms with E-state index in [0.29, 0.717) is 5.69 Å². The van der Waals surface area contributed by atoms with Crippen molar-refractivity contribution in [3.63, 3.8) is 0 Å². The predicted octanol–water partition coefficient (Wildman–Crippen LogP) is 5.03. The van der Waals surface area contributed by atoms with Crippen molar-refractivity contribution in [2.24, 2.45) is 0 Å². The molecule has 0 radical (unpaired) electrons. The zero-order valence-corrected chi connectivity index (χ0v) is 12.2. The van der Waals surface area contributed by atoms with Crippen LogP contribution in [-0.4, -0.2) is 5.91 Å². The van der Waals surface area contributed by atoms with Crippen molar-refractivity contribution in [1.82, 2.24) is 0 Å².